The Bertz CT molecular complexity index is 654. The lowest BCUT2D eigenvalue weighted by atomic mass is 9.98. The number of amides is 1. The number of carbonyl (C=O) groups excluding carboxylic acids is 1. The Hall–Kier alpha value is -1.47. The van der Waals surface area contributed by atoms with Crippen LogP contribution in [0.5, 0.6) is 0 Å². The second kappa shape index (κ2) is 6.11. The van der Waals surface area contributed by atoms with E-state index in [1.165, 1.54) is 13.0 Å². The Balaban J connectivity index is 3.21. The van der Waals surface area contributed by atoms with Crippen LogP contribution in [0.25, 0.3) is 0 Å². The Labute approximate surface area is 124 Å². The molecule has 21 heavy (non-hydrogen) atoms. The zero-order valence-corrected chi connectivity index (χ0v) is 13.5. The summed E-state index contributed by atoms with van der Waals surface area (Å²) in [5.74, 6) is -1.39. The van der Waals surface area contributed by atoms with Gasteiger partial charge < -0.3 is 5.32 Å². The van der Waals surface area contributed by atoms with Crippen molar-refractivity contribution in [2.24, 2.45) is 5.14 Å². The molecule has 0 atom stereocenters. The van der Waals surface area contributed by atoms with E-state index in [1.54, 1.807) is 0 Å². The van der Waals surface area contributed by atoms with E-state index in [1.807, 2.05) is 20.8 Å². The lowest BCUT2D eigenvalue weighted by Gasteiger charge is -2.26. The molecule has 0 spiro atoms. The fourth-order valence-corrected chi connectivity index (χ4v) is 2.84. The molecule has 0 aromatic heterocycles. The summed E-state index contributed by atoms with van der Waals surface area (Å²) in [6.45, 7) is 7.11. The average molecular weight is 316 g/mol. The summed E-state index contributed by atoms with van der Waals surface area (Å²) in [7, 11) is -4.22. The maximum absolute atomic E-state index is 13.8. The van der Waals surface area contributed by atoms with Crippen LogP contribution in [-0.2, 0) is 10.0 Å². The van der Waals surface area contributed by atoms with Crippen molar-refractivity contribution < 1.29 is 17.6 Å². The van der Waals surface area contributed by atoms with Crippen molar-refractivity contribution in [1.82, 2.24) is 5.32 Å². The van der Waals surface area contributed by atoms with E-state index in [-0.39, 0.29) is 11.1 Å². The molecule has 7 heteroatoms. The number of halogens is 1. The van der Waals surface area contributed by atoms with Gasteiger partial charge in [-0.2, -0.15) is 0 Å². The van der Waals surface area contributed by atoms with Gasteiger partial charge in [0.15, 0.2) is 0 Å². The van der Waals surface area contributed by atoms with Crippen LogP contribution in [0.2, 0.25) is 0 Å². The zero-order valence-electron chi connectivity index (χ0n) is 12.7. The molecule has 0 heterocycles. The molecule has 0 bridgehead atoms. The van der Waals surface area contributed by atoms with E-state index in [0.29, 0.717) is 0 Å². The van der Waals surface area contributed by atoms with Crippen LogP contribution < -0.4 is 10.5 Å². The van der Waals surface area contributed by atoms with Crippen LogP contribution in [0, 0.1) is 12.7 Å². The number of nitrogens with one attached hydrogen (secondary N) is 1. The molecule has 3 N–H and O–H groups in total. The van der Waals surface area contributed by atoms with Crippen LogP contribution in [0.3, 0.4) is 0 Å². The van der Waals surface area contributed by atoms with Gasteiger partial charge in [0.2, 0.25) is 10.0 Å². The monoisotopic (exact) mass is 316 g/mol. The van der Waals surface area contributed by atoms with E-state index in [4.69, 9.17) is 5.14 Å². The molecule has 0 saturated heterocycles. The molecule has 0 unspecified atom stereocenters. The molecule has 1 amide bonds. The van der Waals surface area contributed by atoms with E-state index in [0.717, 1.165) is 18.9 Å². The number of aryl methyl sites for hydroxylation is 1. The van der Waals surface area contributed by atoms with Crippen LogP contribution in [0.4, 0.5) is 4.39 Å². The van der Waals surface area contributed by atoms with Gasteiger partial charge in [0.1, 0.15) is 10.7 Å². The molecule has 0 aliphatic carbocycles. The second-order valence-corrected chi connectivity index (χ2v) is 7.27. The molecular formula is C14H21FN2O3S. The topological polar surface area (TPSA) is 89.3 Å². The third kappa shape index (κ3) is 4.50. The van der Waals surface area contributed by atoms with Crippen LogP contribution in [0.15, 0.2) is 17.0 Å². The minimum atomic E-state index is -4.22. The normalized spacial score (nSPS) is 12.3. The Kier molecular flexibility index (Phi) is 5.11. The van der Waals surface area contributed by atoms with Crippen LogP contribution >= 0.6 is 0 Å². The molecule has 0 aliphatic heterocycles. The maximum atomic E-state index is 13.8. The summed E-state index contributed by atoms with van der Waals surface area (Å²) in [5.41, 5.74) is -0.308. The van der Waals surface area contributed by atoms with Crippen molar-refractivity contribution in [3.05, 3.63) is 29.1 Å². The van der Waals surface area contributed by atoms with Crippen molar-refractivity contribution in [2.75, 3.05) is 0 Å². The summed E-state index contributed by atoms with van der Waals surface area (Å²) in [4.78, 5) is 11.5. The first kappa shape index (κ1) is 17.6. The standard InChI is InChI=1S/C14H21FN2O3S/c1-5-6-14(3,4)17-13(18)10-7-9(2)12(15)11(8-10)21(16,19)20/h7-8H,5-6H2,1-4H3,(H,17,18)(H2,16,19,20). The first-order valence-corrected chi connectivity index (χ1v) is 8.18. The van der Waals surface area contributed by atoms with Gasteiger partial charge in [0, 0.05) is 11.1 Å². The molecule has 0 radical (unpaired) electrons. The second-order valence-electron chi connectivity index (χ2n) is 5.74. The lowest BCUT2D eigenvalue weighted by Crippen LogP contribution is -2.43. The number of hydrogen-bond donors (Lipinski definition) is 2. The van der Waals surface area contributed by atoms with Crippen molar-refractivity contribution in [2.45, 2.75) is 51.0 Å². The van der Waals surface area contributed by atoms with Gasteiger partial charge in [-0.3, -0.25) is 4.79 Å². The predicted molar refractivity (Wildman–Crippen MR) is 79.0 cm³/mol. The van der Waals surface area contributed by atoms with Gasteiger partial charge in [0.05, 0.1) is 0 Å². The number of carbonyl (C=O) groups is 1. The molecule has 0 aliphatic rings. The molecule has 1 rings (SSSR count). The number of benzene rings is 1. The largest absolute Gasteiger partial charge is 0.347 e. The van der Waals surface area contributed by atoms with Gasteiger partial charge in [-0.1, -0.05) is 13.3 Å². The van der Waals surface area contributed by atoms with Gasteiger partial charge in [-0.25, -0.2) is 17.9 Å². The summed E-state index contributed by atoms with van der Waals surface area (Å²) in [6.07, 6.45) is 1.65. The highest BCUT2D eigenvalue weighted by atomic mass is 32.2. The molecule has 0 saturated carbocycles. The highest BCUT2D eigenvalue weighted by Gasteiger charge is 2.23. The molecule has 1 aromatic rings. The van der Waals surface area contributed by atoms with Gasteiger partial charge in [-0.15, -0.1) is 0 Å². The maximum Gasteiger partial charge on any atom is 0.251 e. The minimum Gasteiger partial charge on any atom is -0.347 e. The fraction of sp³-hybridized carbons (Fsp3) is 0.500. The van der Waals surface area contributed by atoms with Gasteiger partial charge >= 0.3 is 0 Å². The summed E-state index contributed by atoms with van der Waals surface area (Å²) in [6, 6.07) is 2.27. The average Bonchev–Trinajstić information content (AvgIpc) is 2.29. The molecule has 5 nitrogen and oxygen atoms in total. The molecule has 1 aromatic carbocycles. The number of primary sulfonamides is 1. The predicted octanol–water partition coefficient (Wildman–Crippen LogP) is 2.09. The van der Waals surface area contributed by atoms with E-state index < -0.39 is 32.2 Å². The lowest BCUT2D eigenvalue weighted by molar-refractivity contribution is 0.0908. The summed E-state index contributed by atoms with van der Waals surface area (Å²) in [5, 5.41) is 7.77. The first-order valence-electron chi connectivity index (χ1n) is 6.63. The number of sulfonamides is 1. The fourth-order valence-electron chi connectivity index (χ4n) is 2.14. The van der Waals surface area contributed by atoms with E-state index in [2.05, 4.69) is 5.32 Å². The smallest absolute Gasteiger partial charge is 0.251 e. The molecular weight excluding hydrogens is 295 g/mol. The van der Waals surface area contributed by atoms with Crippen LogP contribution in [-0.4, -0.2) is 19.9 Å². The van der Waals surface area contributed by atoms with Crippen molar-refractivity contribution >= 4 is 15.9 Å². The third-order valence-electron chi connectivity index (χ3n) is 3.12. The van der Waals surface area contributed by atoms with Gasteiger partial charge in [-0.05, 0) is 44.9 Å². The number of nitrogens with two attached hydrogens (primary N) is 1. The van der Waals surface area contributed by atoms with Crippen molar-refractivity contribution in [3.63, 3.8) is 0 Å². The van der Waals surface area contributed by atoms with E-state index in [9.17, 15) is 17.6 Å². The summed E-state index contributed by atoms with van der Waals surface area (Å²) >= 11 is 0. The zero-order chi connectivity index (χ0) is 16.4. The Morgan fingerprint density at radius 2 is 1.95 bits per heavy atom. The highest BCUT2D eigenvalue weighted by Crippen LogP contribution is 2.20. The van der Waals surface area contributed by atoms with Crippen molar-refractivity contribution in [3.8, 4) is 0 Å². The van der Waals surface area contributed by atoms with Crippen molar-refractivity contribution in [1.29, 1.82) is 0 Å². The van der Waals surface area contributed by atoms with E-state index >= 15 is 0 Å². The van der Waals surface area contributed by atoms with Crippen LogP contribution in [0.1, 0.15) is 49.5 Å². The van der Waals surface area contributed by atoms with Gasteiger partial charge in [0.25, 0.3) is 5.91 Å². The first-order chi connectivity index (χ1) is 9.48. The molecule has 118 valence electrons. The minimum absolute atomic E-state index is 0.0555. The summed E-state index contributed by atoms with van der Waals surface area (Å²) < 4.78 is 36.6. The highest BCUT2D eigenvalue weighted by molar-refractivity contribution is 7.89. The quantitative estimate of drug-likeness (QED) is 0.871. The Morgan fingerprint density at radius 1 is 1.38 bits per heavy atom. The third-order valence-corrected chi connectivity index (χ3v) is 4.03. The number of rotatable bonds is 5. The molecule has 0 fully saturated rings. The Morgan fingerprint density at radius 3 is 2.43 bits per heavy atom. The SMILES string of the molecule is CCCC(C)(C)NC(=O)c1cc(C)c(F)c(S(N)(=O)=O)c1. The number of hydrogen-bond acceptors (Lipinski definition) is 3.